The molecule has 0 saturated carbocycles. The highest BCUT2D eigenvalue weighted by atomic mass is 35.5. The number of aryl methyl sites for hydroxylation is 1. The topological polar surface area (TPSA) is 55.1 Å². The number of nitrogens with two attached hydrogens (primary N) is 1. The van der Waals surface area contributed by atoms with Crippen LogP contribution in [0.25, 0.3) is 0 Å². The molecule has 0 saturated heterocycles. The van der Waals surface area contributed by atoms with Gasteiger partial charge in [-0.1, -0.05) is 31.5 Å². The van der Waals surface area contributed by atoms with Gasteiger partial charge in [0.25, 0.3) is 0 Å². The van der Waals surface area contributed by atoms with Gasteiger partial charge in [0.1, 0.15) is 0 Å². The van der Waals surface area contributed by atoms with Gasteiger partial charge in [-0.3, -0.25) is 4.79 Å². The summed E-state index contributed by atoms with van der Waals surface area (Å²) in [6.45, 7) is 6.97. The number of carbonyl (C=O) groups is 1. The van der Waals surface area contributed by atoms with E-state index in [4.69, 9.17) is 17.3 Å². The van der Waals surface area contributed by atoms with E-state index in [-0.39, 0.29) is 5.91 Å². The molecule has 0 spiro atoms. The maximum Gasteiger partial charge on any atom is 0.224 e. The molecule has 0 heterocycles. The van der Waals surface area contributed by atoms with Crippen LogP contribution in [0.1, 0.15) is 38.7 Å². The molecule has 0 aliphatic carbocycles. The number of hydrogen-bond acceptors (Lipinski definition) is 2. The van der Waals surface area contributed by atoms with Crippen LogP contribution >= 0.6 is 11.6 Å². The number of benzene rings is 1. The molecule has 0 bridgehead atoms. The Bertz CT molecular complexity index is 446. The molecular formula is C16H25ClN2O. The zero-order valence-electron chi connectivity index (χ0n) is 12.6. The quantitative estimate of drug-likeness (QED) is 0.799. The molecule has 3 N–H and O–H groups in total. The van der Waals surface area contributed by atoms with Gasteiger partial charge in [-0.15, -0.1) is 0 Å². The molecule has 1 atom stereocenters. The van der Waals surface area contributed by atoms with Gasteiger partial charge in [0, 0.05) is 17.1 Å². The summed E-state index contributed by atoms with van der Waals surface area (Å²) in [6, 6.07) is 5.57. The number of carbonyl (C=O) groups excluding carboxylic acids is 1. The molecule has 0 aliphatic rings. The van der Waals surface area contributed by atoms with Crippen molar-refractivity contribution in [3.05, 3.63) is 28.8 Å². The summed E-state index contributed by atoms with van der Waals surface area (Å²) in [5.74, 6) is 1.10. The summed E-state index contributed by atoms with van der Waals surface area (Å²) in [6.07, 6.45) is 2.37. The zero-order chi connectivity index (χ0) is 15.1. The summed E-state index contributed by atoms with van der Waals surface area (Å²) in [5, 5.41) is 3.56. The molecule has 1 aromatic rings. The summed E-state index contributed by atoms with van der Waals surface area (Å²) < 4.78 is 0. The molecule has 0 aliphatic heterocycles. The van der Waals surface area contributed by atoms with Crippen LogP contribution in [0.2, 0.25) is 5.02 Å². The van der Waals surface area contributed by atoms with Crippen molar-refractivity contribution in [1.82, 2.24) is 0 Å². The molecule has 1 aromatic carbocycles. The lowest BCUT2D eigenvalue weighted by Crippen LogP contribution is -2.18. The minimum atomic E-state index is 0.0348. The van der Waals surface area contributed by atoms with Crippen molar-refractivity contribution >= 4 is 23.2 Å². The third-order valence-electron chi connectivity index (χ3n) is 3.68. The minimum absolute atomic E-state index is 0.0348. The number of amides is 1. The van der Waals surface area contributed by atoms with Crippen molar-refractivity contribution < 1.29 is 4.79 Å². The first-order valence-corrected chi connectivity index (χ1v) is 7.58. The summed E-state index contributed by atoms with van der Waals surface area (Å²) in [5.41, 5.74) is 7.37. The smallest absolute Gasteiger partial charge is 0.224 e. The maximum absolute atomic E-state index is 12.0. The Labute approximate surface area is 126 Å². The average molecular weight is 297 g/mol. The second-order valence-electron chi connectivity index (χ2n) is 5.63. The van der Waals surface area contributed by atoms with Crippen LogP contribution < -0.4 is 11.1 Å². The van der Waals surface area contributed by atoms with Crippen LogP contribution in [0.5, 0.6) is 0 Å². The summed E-state index contributed by atoms with van der Waals surface area (Å²) in [4.78, 5) is 12.0. The third kappa shape index (κ3) is 5.51. The van der Waals surface area contributed by atoms with Crippen molar-refractivity contribution in [2.75, 3.05) is 11.9 Å². The van der Waals surface area contributed by atoms with Gasteiger partial charge < -0.3 is 11.1 Å². The third-order valence-corrected chi connectivity index (χ3v) is 4.09. The lowest BCUT2D eigenvalue weighted by molar-refractivity contribution is -0.116. The highest BCUT2D eigenvalue weighted by molar-refractivity contribution is 6.31. The van der Waals surface area contributed by atoms with Gasteiger partial charge in [0.15, 0.2) is 0 Å². The molecule has 1 rings (SSSR count). The van der Waals surface area contributed by atoms with Crippen molar-refractivity contribution in [2.45, 2.75) is 40.0 Å². The van der Waals surface area contributed by atoms with E-state index in [0.29, 0.717) is 29.8 Å². The second kappa shape index (κ2) is 8.28. The fourth-order valence-corrected chi connectivity index (χ4v) is 2.42. The fourth-order valence-electron chi connectivity index (χ4n) is 2.24. The average Bonchev–Trinajstić information content (AvgIpc) is 2.38. The summed E-state index contributed by atoms with van der Waals surface area (Å²) >= 11 is 6.04. The first-order valence-electron chi connectivity index (χ1n) is 7.20. The predicted molar refractivity (Wildman–Crippen MR) is 86.1 cm³/mol. The molecule has 0 aromatic heterocycles. The largest absolute Gasteiger partial charge is 0.330 e. The van der Waals surface area contributed by atoms with E-state index in [2.05, 4.69) is 19.2 Å². The van der Waals surface area contributed by atoms with E-state index in [1.807, 2.05) is 19.1 Å². The minimum Gasteiger partial charge on any atom is -0.330 e. The first-order chi connectivity index (χ1) is 9.43. The fraction of sp³-hybridized carbons (Fsp3) is 0.562. The van der Waals surface area contributed by atoms with Crippen LogP contribution in [0, 0.1) is 18.8 Å². The van der Waals surface area contributed by atoms with E-state index in [1.165, 1.54) is 0 Å². The Morgan fingerprint density at radius 3 is 2.60 bits per heavy atom. The Morgan fingerprint density at radius 2 is 2.05 bits per heavy atom. The SMILES string of the molecule is Cc1ccc(NC(=O)CCC(CCN)C(C)C)cc1Cl. The van der Waals surface area contributed by atoms with Crippen LogP contribution in [0.4, 0.5) is 5.69 Å². The predicted octanol–water partition coefficient (Wildman–Crippen LogP) is 3.99. The molecule has 4 heteroatoms. The molecule has 3 nitrogen and oxygen atoms in total. The van der Waals surface area contributed by atoms with Crippen LogP contribution in [0.3, 0.4) is 0 Å². The zero-order valence-corrected chi connectivity index (χ0v) is 13.3. The number of anilines is 1. The standard InChI is InChI=1S/C16H25ClN2O/c1-11(2)13(8-9-18)5-7-16(20)19-14-6-4-12(3)15(17)10-14/h4,6,10-11,13H,5,7-9,18H2,1-3H3,(H,19,20). The number of nitrogens with one attached hydrogen (secondary N) is 1. The molecule has 1 amide bonds. The van der Waals surface area contributed by atoms with E-state index >= 15 is 0 Å². The second-order valence-corrected chi connectivity index (χ2v) is 6.04. The Balaban J connectivity index is 2.48. The highest BCUT2D eigenvalue weighted by Crippen LogP contribution is 2.22. The molecule has 0 fully saturated rings. The van der Waals surface area contributed by atoms with Crippen LogP contribution in [-0.4, -0.2) is 12.5 Å². The molecule has 1 unspecified atom stereocenters. The Morgan fingerprint density at radius 1 is 1.35 bits per heavy atom. The van der Waals surface area contributed by atoms with Crippen LogP contribution in [0.15, 0.2) is 18.2 Å². The van der Waals surface area contributed by atoms with Crippen molar-refractivity contribution in [1.29, 1.82) is 0 Å². The van der Waals surface area contributed by atoms with Gasteiger partial charge in [-0.25, -0.2) is 0 Å². The number of hydrogen-bond donors (Lipinski definition) is 2. The molecule has 0 radical (unpaired) electrons. The van der Waals surface area contributed by atoms with Gasteiger partial charge >= 0.3 is 0 Å². The Kier molecular flexibility index (Phi) is 7.03. The molecular weight excluding hydrogens is 272 g/mol. The monoisotopic (exact) mass is 296 g/mol. The van der Waals surface area contributed by atoms with Crippen molar-refractivity contribution in [3.8, 4) is 0 Å². The van der Waals surface area contributed by atoms with E-state index in [0.717, 1.165) is 24.1 Å². The van der Waals surface area contributed by atoms with Gasteiger partial charge in [-0.05, 0) is 55.8 Å². The van der Waals surface area contributed by atoms with Gasteiger partial charge in [0.2, 0.25) is 5.91 Å². The summed E-state index contributed by atoms with van der Waals surface area (Å²) in [7, 11) is 0. The lowest BCUT2D eigenvalue weighted by atomic mass is 9.88. The Hall–Kier alpha value is -1.06. The van der Waals surface area contributed by atoms with Crippen molar-refractivity contribution in [3.63, 3.8) is 0 Å². The number of rotatable bonds is 7. The van der Waals surface area contributed by atoms with Crippen molar-refractivity contribution in [2.24, 2.45) is 17.6 Å². The molecule has 112 valence electrons. The van der Waals surface area contributed by atoms with Crippen LogP contribution in [-0.2, 0) is 4.79 Å². The lowest BCUT2D eigenvalue weighted by Gasteiger charge is -2.19. The highest BCUT2D eigenvalue weighted by Gasteiger charge is 2.14. The maximum atomic E-state index is 12.0. The van der Waals surface area contributed by atoms with Gasteiger partial charge in [-0.2, -0.15) is 0 Å². The normalized spacial score (nSPS) is 12.5. The van der Waals surface area contributed by atoms with E-state index < -0.39 is 0 Å². The molecule has 20 heavy (non-hydrogen) atoms. The van der Waals surface area contributed by atoms with E-state index in [9.17, 15) is 4.79 Å². The first kappa shape index (κ1) is 17.0. The van der Waals surface area contributed by atoms with E-state index in [1.54, 1.807) is 6.07 Å². The number of halogens is 1. The van der Waals surface area contributed by atoms with Gasteiger partial charge in [0.05, 0.1) is 0 Å².